The fraction of sp³-hybridized carbons (Fsp3) is 0.800. The maximum atomic E-state index is 11.7. The quantitative estimate of drug-likeness (QED) is 0.694. The largest absolute Gasteiger partial charge is 0.358 e. The lowest BCUT2D eigenvalue weighted by molar-refractivity contribution is -0.137. The Morgan fingerprint density at radius 2 is 2.07 bits per heavy atom. The van der Waals surface area contributed by atoms with Crippen LogP contribution in [0.25, 0.3) is 0 Å². The Morgan fingerprint density at radius 3 is 2.50 bits per heavy atom. The molecule has 1 rings (SSSR count). The molecule has 0 heterocycles. The average molecular weight is 198 g/mol. The van der Waals surface area contributed by atoms with E-state index in [9.17, 15) is 9.59 Å². The van der Waals surface area contributed by atoms with Gasteiger partial charge < -0.3 is 10.2 Å². The lowest BCUT2D eigenvalue weighted by Gasteiger charge is -2.20. The highest BCUT2D eigenvalue weighted by Gasteiger charge is 2.33. The van der Waals surface area contributed by atoms with Gasteiger partial charge in [0, 0.05) is 19.5 Å². The first-order valence-corrected chi connectivity index (χ1v) is 5.18. The molecule has 0 spiro atoms. The number of carbonyl (C=O) groups excluding carboxylic acids is 2. The van der Waals surface area contributed by atoms with Crippen LogP contribution >= 0.6 is 0 Å². The van der Waals surface area contributed by atoms with Gasteiger partial charge in [0.1, 0.15) is 0 Å². The summed E-state index contributed by atoms with van der Waals surface area (Å²) in [6, 6.07) is 0. The van der Waals surface area contributed by atoms with Gasteiger partial charge in [-0.2, -0.15) is 0 Å². The van der Waals surface area contributed by atoms with E-state index in [1.165, 1.54) is 0 Å². The minimum absolute atomic E-state index is 0.0903. The number of hydrogen-bond donors (Lipinski definition) is 1. The van der Waals surface area contributed by atoms with Crippen LogP contribution in [0.15, 0.2) is 0 Å². The molecule has 0 aromatic heterocycles. The minimum atomic E-state index is -0.0903. The van der Waals surface area contributed by atoms with E-state index < -0.39 is 0 Å². The Kier molecular flexibility index (Phi) is 3.92. The second-order valence-corrected chi connectivity index (χ2v) is 3.71. The maximum Gasteiger partial charge on any atom is 0.239 e. The van der Waals surface area contributed by atoms with Crippen LogP contribution in [0.4, 0.5) is 0 Å². The van der Waals surface area contributed by atoms with Crippen molar-refractivity contribution in [1.29, 1.82) is 0 Å². The van der Waals surface area contributed by atoms with Gasteiger partial charge in [0.15, 0.2) is 0 Å². The van der Waals surface area contributed by atoms with Crippen LogP contribution in [0.3, 0.4) is 0 Å². The second-order valence-electron chi connectivity index (χ2n) is 3.71. The summed E-state index contributed by atoms with van der Waals surface area (Å²) in [5, 5.41) is 2.54. The Morgan fingerprint density at radius 1 is 1.43 bits per heavy atom. The van der Waals surface area contributed by atoms with Gasteiger partial charge in [-0.15, -0.1) is 0 Å². The van der Waals surface area contributed by atoms with Crippen molar-refractivity contribution < 1.29 is 9.59 Å². The summed E-state index contributed by atoms with van der Waals surface area (Å²) >= 11 is 0. The lowest BCUT2D eigenvalue weighted by atomic mass is 10.3. The molecule has 0 aromatic carbocycles. The van der Waals surface area contributed by atoms with Crippen LogP contribution in [-0.4, -0.2) is 36.9 Å². The highest BCUT2D eigenvalue weighted by atomic mass is 16.2. The number of likely N-dealkylation sites (N-methyl/N-ethyl adjacent to an activating group) is 1. The molecule has 4 nitrogen and oxygen atoms in total. The van der Waals surface area contributed by atoms with E-state index in [1.807, 2.05) is 6.92 Å². The van der Waals surface area contributed by atoms with E-state index in [0.717, 1.165) is 19.3 Å². The Hall–Kier alpha value is -1.06. The molecule has 1 saturated carbocycles. The summed E-state index contributed by atoms with van der Waals surface area (Å²) in [6.07, 6.45) is 2.88. The molecule has 0 aliphatic heterocycles. The van der Waals surface area contributed by atoms with Crippen molar-refractivity contribution in [3.05, 3.63) is 0 Å². The first-order chi connectivity index (χ1) is 6.69. The Labute approximate surface area is 84.7 Å². The van der Waals surface area contributed by atoms with Crippen molar-refractivity contribution in [1.82, 2.24) is 10.2 Å². The van der Waals surface area contributed by atoms with Crippen LogP contribution in [0, 0.1) is 5.92 Å². The number of hydrogen-bond acceptors (Lipinski definition) is 2. The second kappa shape index (κ2) is 4.98. The van der Waals surface area contributed by atoms with Crippen molar-refractivity contribution >= 4 is 11.8 Å². The van der Waals surface area contributed by atoms with Crippen molar-refractivity contribution in [2.45, 2.75) is 26.2 Å². The number of nitrogens with zero attached hydrogens (tertiary/aromatic N) is 1. The molecular formula is C10H18N2O2. The Bertz CT molecular complexity index is 224. The molecule has 14 heavy (non-hydrogen) atoms. The van der Waals surface area contributed by atoms with Gasteiger partial charge in [-0.05, 0) is 19.3 Å². The summed E-state index contributed by atoms with van der Waals surface area (Å²) in [4.78, 5) is 24.5. The summed E-state index contributed by atoms with van der Waals surface area (Å²) in [5.74, 6) is 0.258. The van der Waals surface area contributed by atoms with Gasteiger partial charge in [-0.1, -0.05) is 6.92 Å². The molecule has 1 aliphatic rings. The van der Waals surface area contributed by atoms with E-state index in [1.54, 1.807) is 11.9 Å². The van der Waals surface area contributed by atoms with E-state index in [0.29, 0.717) is 6.54 Å². The van der Waals surface area contributed by atoms with Gasteiger partial charge >= 0.3 is 0 Å². The van der Waals surface area contributed by atoms with Crippen LogP contribution in [0.1, 0.15) is 26.2 Å². The van der Waals surface area contributed by atoms with Gasteiger partial charge in [-0.3, -0.25) is 9.59 Å². The number of rotatable bonds is 5. The Balaban J connectivity index is 2.44. The molecule has 0 saturated heterocycles. The third-order valence-corrected chi connectivity index (χ3v) is 2.35. The maximum absolute atomic E-state index is 11.7. The molecule has 0 radical (unpaired) electrons. The third-order valence-electron chi connectivity index (χ3n) is 2.35. The van der Waals surface area contributed by atoms with E-state index in [4.69, 9.17) is 0 Å². The normalized spacial score (nSPS) is 15.0. The number of carbonyl (C=O) groups is 2. The SMILES string of the molecule is CCCN(CC(=O)NC)C(=O)C1CC1. The van der Waals surface area contributed by atoms with Gasteiger partial charge in [0.25, 0.3) is 0 Å². The molecular weight excluding hydrogens is 180 g/mol. The van der Waals surface area contributed by atoms with Crippen LogP contribution in [0.5, 0.6) is 0 Å². The summed E-state index contributed by atoms with van der Waals surface area (Å²) < 4.78 is 0. The van der Waals surface area contributed by atoms with Crippen molar-refractivity contribution in [3.8, 4) is 0 Å². The zero-order valence-corrected chi connectivity index (χ0v) is 8.88. The highest BCUT2D eigenvalue weighted by Crippen LogP contribution is 2.30. The standard InChI is InChI=1S/C10H18N2O2/c1-3-6-12(7-9(13)11-2)10(14)8-4-5-8/h8H,3-7H2,1-2H3,(H,11,13). The van der Waals surface area contributed by atoms with Crippen molar-refractivity contribution in [3.63, 3.8) is 0 Å². The first-order valence-electron chi connectivity index (χ1n) is 5.18. The first kappa shape index (κ1) is 11.0. The predicted octanol–water partition coefficient (Wildman–Crippen LogP) is 0.381. The van der Waals surface area contributed by atoms with Crippen LogP contribution in [0.2, 0.25) is 0 Å². The molecule has 1 fully saturated rings. The fourth-order valence-corrected chi connectivity index (χ4v) is 1.38. The number of amides is 2. The van der Waals surface area contributed by atoms with Crippen molar-refractivity contribution in [2.75, 3.05) is 20.1 Å². The topological polar surface area (TPSA) is 49.4 Å². The minimum Gasteiger partial charge on any atom is -0.358 e. The smallest absolute Gasteiger partial charge is 0.239 e. The molecule has 0 atom stereocenters. The van der Waals surface area contributed by atoms with E-state index in [2.05, 4.69) is 5.32 Å². The molecule has 0 aromatic rings. The zero-order chi connectivity index (χ0) is 10.6. The zero-order valence-electron chi connectivity index (χ0n) is 8.88. The molecule has 4 heteroatoms. The predicted molar refractivity (Wildman–Crippen MR) is 53.7 cm³/mol. The number of nitrogens with one attached hydrogen (secondary N) is 1. The molecule has 1 aliphatic carbocycles. The summed E-state index contributed by atoms with van der Waals surface area (Å²) in [6.45, 7) is 2.90. The van der Waals surface area contributed by atoms with Crippen LogP contribution < -0.4 is 5.32 Å². The van der Waals surface area contributed by atoms with Gasteiger partial charge in [0.2, 0.25) is 11.8 Å². The monoisotopic (exact) mass is 198 g/mol. The molecule has 80 valence electrons. The van der Waals surface area contributed by atoms with Gasteiger partial charge in [-0.25, -0.2) is 0 Å². The third kappa shape index (κ3) is 3.01. The molecule has 0 unspecified atom stereocenters. The lowest BCUT2D eigenvalue weighted by Crippen LogP contribution is -2.40. The van der Waals surface area contributed by atoms with E-state index in [-0.39, 0.29) is 24.3 Å². The van der Waals surface area contributed by atoms with Crippen molar-refractivity contribution in [2.24, 2.45) is 5.92 Å². The molecule has 1 N–H and O–H groups in total. The van der Waals surface area contributed by atoms with Crippen LogP contribution in [-0.2, 0) is 9.59 Å². The van der Waals surface area contributed by atoms with Gasteiger partial charge in [0.05, 0.1) is 6.54 Å². The van der Waals surface area contributed by atoms with E-state index >= 15 is 0 Å². The highest BCUT2D eigenvalue weighted by molar-refractivity contribution is 5.86. The molecule has 2 amide bonds. The fourth-order valence-electron chi connectivity index (χ4n) is 1.38. The summed E-state index contributed by atoms with van der Waals surface area (Å²) in [7, 11) is 1.59. The summed E-state index contributed by atoms with van der Waals surface area (Å²) in [5.41, 5.74) is 0. The molecule has 0 bridgehead atoms. The average Bonchev–Trinajstić information content (AvgIpc) is 2.99.